The monoisotopic (exact) mass is 396 g/mol. The van der Waals surface area contributed by atoms with Gasteiger partial charge in [0, 0.05) is 23.3 Å². The average molecular weight is 396 g/mol. The summed E-state index contributed by atoms with van der Waals surface area (Å²) < 4.78 is 24.7. The standard InChI is InChI=1S/C23H25FN2O3/c1-23(2)13-19-18(26(23)17-6-3-5-16(24)12-17)7-4-10-25(19)22(27)15-8-9-20-21(11-15)29-14-28-20/h3,5-6,8-9,11-12,18-19H,4,7,10,13-14H2,1-2H3/t18-,19-/m0/s1. The van der Waals surface area contributed by atoms with Crippen LogP contribution < -0.4 is 14.4 Å². The fraction of sp³-hybridized carbons (Fsp3) is 0.435. The Morgan fingerprint density at radius 1 is 1.10 bits per heavy atom. The highest BCUT2D eigenvalue weighted by molar-refractivity contribution is 5.95. The van der Waals surface area contributed by atoms with Crippen molar-refractivity contribution >= 4 is 11.6 Å². The van der Waals surface area contributed by atoms with Crippen LogP contribution in [0.4, 0.5) is 10.1 Å². The zero-order valence-corrected chi connectivity index (χ0v) is 16.7. The minimum atomic E-state index is -0.231. The Morgan fingerprint density at radius 2 is 1.93 bits per heavy atom. The van der Waals surface area contributed by atoms with Gasteiger partial charge in [-0.15, -0.1) is 0 Å². The van der Waals surface area contributed by atoms with Crippen molar-refractivity contribution in [3.8, 4) is 11.5 Å². The molecule has 29 heavy (non-hydrogen) atoms. The number of amides is 1. The molecule has 2 aromatic rings. The first-order valence-corrected chi connectivity index (χ1v) is 10.2. The van der Waals surface area contributed by atoms with Crippen LogP contribution in [0.5, 0.6) is 11.5 Å². The molecule has 0 aromatic heterocycles. The number of ether oxygens (including phenoxy) is 2. The summed E-state index contributed by atoms with van der Waals surface area (Å²) in [6.07, 6.45) is 2.78. The predicted octanol–water partition coefficient (Wildman–Crippen LogP) is 4.22. The number of anilines is 1. The Kier molecular flexibility index (Phi) is 4.19. The Morgan fingerprint density at radius 3 is 2.76 bits per heavy atom. The largest absolute Gasteiger partial charge is 0.454 e. The van der Waals surface area contributed by atoms with Gasteiger partial charge in [0.25, 0.3) is 5.91 Å². The number of fused-ring (bicyclic) bond motifs is 2. The quantitative estimate of drug-likeness (QED) is 0.762. The second-order valence-electron chi connectivity index (χ2n) is 8.71. The lowest BCUT2D eigenvalue weighted by Gasteiger charge is -2.42. The van der Waals surface area contributed by atoms with Crippen LogP contribution in [0.1, 0.15) is 43.5 Å². The summed E-state index contributed by atoms with van der Waals surface area (Å²) in [7, 11) is 0. The van der Waals surface area contributed by atoms with E-state index in [1.807, 2.05) is 17.0 Å². The normalized spacial score (nSPS) is 24.5. The third-order valence-electron chi connectivity index (χ3n) is 6.40. The predicted molar refractivity (Wildman–Crippen MR) is 108 cm³/mol. The number of nitrogens with zero attached hydrogens (tertiary/aromatic N) is 2. The van der Waals surface area contributed by atoms with Crippen LogP contribution in [0.25, 0.3) is 0 Å². The summed E-state index contributed by atoms with van der Waals surface area (Å²) in [5, 5.41) is 0. The van der Waals surface area contributed by atoms with Crippen LogP contribution in [0, 0.1) is 5.82 Å². The Balaban J connectivity index is 1.46. The third kappa shape index (κ3) is 3.02. The molecule has 1 amide bonds. The van der Waals surface area contributed by atoms with E-state index in [0.29, 0.717) is 17.1 Å². The highest BCUT2D eigenvalue weighted by Gasteiger charge is 2.50. The lowest BCUT2D eigenvalue weighted by Crippen LogP contribution is -2.52. The van der Waals surface area contributed by atoms with Crippen LogP contribution >= 0.6 is 0 Å². The van der Waals surface area contributed by atoms with E-state index in [-0.39, 0.29) is 36.1 Å². The van der Waals surface area contributed by atoms with Crippen molar-refractivity contribution in [1.82, 2.24) is 4.90 Å². The van der Waals surface area contributed by atoms with Crippen LogP contribution in [0.3, 0.4) is 0 Å². The second kappa shape index (κ2) is 6.65. The zero-order chi connectivity index (χ0) is 20.2. The van der Waals surface area contributed by atoms with Crippen molar-refractivity contribution in [2.75, 3.05) is 18.2 Å². The van der Waals surface area contributed by atoms with Crippen molar-refractivity contribution < 1.29 is 18.7 Å². The van der Waals surface area contributed by atoms with E-state index in [1.165, 1.54) is 6.07 Å². The summed E-state index contributed by atoms with van der Waals surface area (Å²) in [6.45, 7) is 5.29. The molecule has 5 nitrogen and oxygen atoms in total. The topological polar surface area (TPSA) is 42.0 Å². The Labute approximate surface area is 170 Å². The first-order chi connectivity index (χ1) is 13.9. The molecule has 2 aromatic carbocycles. The van der Waals surface area contributed by atoms with Gasteiger partial charge in [0.05, 0.1) is 12.1 Å². The molecule has 152 valence electrons. The van der Waals surface area contributed by atoms with E-state index in [4.69, 9.17) is 9.47 Å². The van der Waals surface area contributed by atoms with Gasteiger partial charge in [-0.3, -0.25) is 4.79 Å². The van der Waals surface area contributed by atoms with E-state index in [0.717, 1.165) is 31.5 Å². The molecule has 0 bridgehead atoms. The van der Waals surface area contributed by atoms with Crippen LogP contribution in [0.2, 0.25) is 0 Å². The smallest absolute Gasteiger partial charge is 0.254 e. The minimum Gasteiger partial charge on any atom is -0.454 e. The van der Waals surface area contributed by atoms with Crippen molar-refractivity contribution in [2.45, 2.75) is 50.7 Å². The van der Waals surface area contributed by atoms with Crippen LogP contribution in [0.15, 0.2) is 42.5 Å². The van der Waals surface area contributed by atoms with E-state index < -0.39 is 0 Å². The van der Waals surface area contributed by atoms with Gasteiger partial charge in [-0.25, -0.2) is 4.39 Å². The SMILES string of the molecule is CC1(C)C[C@H]2[C@H](CCCN2C(=O)c2ccc3c(c2)OCO3)N1c1cccc(F)c1. The third-order valence-corrected chi connectivity index (χ3v) is 6.40. The van der Waals surface area contributed by atoms with Gasteiger partial charge in [0.2, 0.25) is 6.79 Å². The number of piperidine rings is 1. The fourth-order valence-corrected chi connectivity index (χ4v) is 5.26. The summed E-state index contributed by atoms with van der Waals surface area (Å²) in [5.41, 5.74) is 1.35. The second-order valence-corrected chi connectivity index (χ2v) is 8.71. The maximum atomic E-state index is 13.9. The van der Waals surface area contributed by atoms with Gasteiger partial charge < -0.3 is 19.3 Å². The molecule has 2 saturated heterocycles. The van der Waals surface area contributed by atoms with Crippen molar-refractivity contribution in [1.29, 1.82) is 0 Å². The van der Waals surface area contributed by atoms with Gasteiger partial charge in [-0.1, -0.05) is 6.07 Å². The summed E-state index contributed by atoms with van der Waals surface area (Å²) in [6, 6.07) is 12.5. The van der Waals surface area contributed by atoms with Crippen molar-refractivity contribution in [2.24, 2.45) is 0 Å². The van der Waals surface area contributed by atoms with E-state index >= 15 is 0 Å². The first kappa shape index (κ1) is 18.3. The molecule has 3 aliphatic heterocycles. The Hall–Kier alpha value is -2.76. The molecule has 0 unspecified atom stereocenters. The molecule has 3 aliphatic rings. The van der Waals surface area contributed by atoms with Crippen molar-refractivity contribution in [3.63, 3.8) is 0 Å². The molecule has 0 aliphatic carbocycles. The van der Waals surface area contributed by atoms with E-state index in [1.54, 1.807) is 24.3 Å². The lowest BCUT2D eigenvalue weighted by atomic mass is 9.93. The Bertz CT molecular complexity index is 961. The number of likely N-dealkylation sites (tertiary alicyclic amines) is 1. The summed E-state index contributed by atoms with van der Waals surface area (Å²) in [4.78, 5) is 17.7. The molecule has 3 heterocycles. The number of hydrogen-bond acceptors (Lipinski definition) is 4. The van der Waals surface area contributed by atoms with Crippen LogP contribution in [-0.4, -0.2) is 41.8 Å². The maximum Gasteiger partial charge on any atom is 0.254 e. The first-order valence-electron chi connectivity index (χ1n) is 10.2. The molecule has 0 saturated carbocycles. The van der Waals surface area contributed by atoms with Gasteiger partial charge >= 0.3 is 0 Å². The molecule has 5 rings (SSSR count). The van der Waals surface area contributed by atoms with Gasteiger partial charge in [0.15, 0.2) is 11.5 Å². The number of rotatable bonds is 2. The maximum absolute atomic E-state index is 13.9. The number of carbonyl (C=O) groups excluding carboxylic acids is 1. The molecule has 0 N–H and O–H groups in total. The summed E-state index contributed by atoms with van der Waals surface area (Å²) in [5.74, 6) is 1.09. The average Bonchev–Trinajstić information content (AvgIpc) is 3.26. The molecule has 6 heteroatoms. The number of benzene rings is 2. The van der Waals surface area contributed by atoms with Crippen molar-refractivity contribution in [3.05, 3.63) is 53.8 Å². The molecular formula is C23H25FN2O3. The number of hydrogen-bond donors (Lipinski definition) is 0. The molecule has 0 spiro atoms. The fourth-order valence-electron chi connectivity index (χ4n) is 5.26. The van der Waals surface area contributed by atoms with Gasteiger partial charge in [-0.05, 0) is 69.5 Å². The van der Waals surface area contributed by atoms with Gasteiger partial charge in [-0.2, -0.15) is 0 Å². The lowest BCUT2D eigenvalue weighted by molar-refractivity contribution is 0.0605. The number of carbonyl (C=O) groups is 1. The molecule has 2 fully saturated rings. The zero-order valence-electron chi connectivity index (χ0n) is 16.7. The molecule has 2 atom stereocenters. The van der Waals surface area contributed by atoms with E-state index in [2.05, 4.69) is 18.7 Å². The number of halogens is 1. The van der Waals surface area contributed by atoms with E-state index in [9.17, 15) is 9.18 Å². The molecular weight excluding hydrogens is 371 g/mol. The minimum absolute atomic E-state index is 0.0230. The highest BCUT2D eigenvalue weighted by Crippen LogP contribution is 2.44. The summed E-state index contributed by atoms with van der Waals surface area (Å²) >= 11 is 0. The van der Waals surface area contributed by atoms with Gasteiger partial charge in [0.1, 0.15) is 5.82 Å². The highest BCUT2D eigenvalue weighted by atomic mass is 19.1. The van der Waals surface area contributed by atoms with Crippen LogP contribution in [-0.2, 0) is 0 Å². The molecule has 0 radical (unpaired) electrons.